The summed E-state index contributed by atoms with van der Waals surface area (Å²) in [5.74, 6) is -0.791. The first-order chi connectivity index (χ1) is 12.8. The molecular formula is C19H18BrFN2O3S. The Labute approximate surface area is 165 Å². The molecule has 142 valence electrons. The molecule has 0 saturated heterocycles. The van der Waals surface area contributed by atoms with Gasteiger partial charge in [-0.3, -0.25) is 4.79 Å². The molecule has 1 saturated carbocycles. The average molecular weight is 453 g/mol. The molecule has 2 aromatic carbocycles. The van der Waals surface area contributed by atoms with Gasteiger partial charge in [0.05, 0.1) is 4.90 Å². The Morgan fingerprint density at radius 2 is 1.89 bits per heavy atom. The van der Waals surface area contributed by atoms with Crippen LogP contribution in [0.4, 0.5) is 4.39 Å². The van der Waals surface area contributed by atoms with Gasteiger partial charge in [0, 0.05) is 28.7 Å². The third-order valence-electron chi connectivity index (χ3n) is 3.97. The molecule has 8 heteroatoms. The van der Waals surface area contributed by atoms with E-state index in [1.165, 1.54) is 30.4 Å². The van der Waals surface area contributed by atoms with E-state index in [4.69, 9.17) is 0 Å². The van der Waals surface area contributed by atoms with Gasteiger partial charge in [-0.2, -0.15) is 0 Å². The molecule has 1 aliphatic rings. The van der Waals surface area contributed by atoms with Crippen LogP contribution in [0, 0.1) is 5.82 Å². The van der Waals surface area contributed by atoms with Crippen molar-refractivity contribution in [2.45, 2.75) is 30.3 Å². The standard InChI is InChI=1S/C19H18BrFN2O3S/c20-15-4-9-18(21)14(11-15)3-10-19(24)22-12-13-1-7-17(8-2-13)27(25,26)23-16-5-6-16/h1-4,7-11,16,23H,5-6,12H2,(H,22,24)/b10-3+. The highest BCUT2D eigenvalue weighted by Crippen LogP contribution is 2.22. The van der Waals surface area contributed by atoms with E-state index in [9.17, 15) is 17.6 Å². The zero-order valence-electron chi connectivity index (χ0n) is 14.3. The first-order valence-electron chi connectivity index (χ1n) is 8.36. The summed E-state index contributed by atoms with van der Waals surface area (Å²) < 4.78 is 41.2. The second-order valence-corrected chi connectivity index (χ2v) is 8.89. The van der Waals surface area contributed by atoms with E-state index in [1.807, 2.05) is 0 Å². The largest absolute Gasteiger partial charge is 0.348 e. The van der Waals surface area contributed by atoms with Gasteiger partial charge in [-0.1, -0.05) is 28.1 Å². The second kappa shape index (κ2) is 8.33. The highest BCUT2D eigenvalue weighted by atomic mass is 79.9. The molecule has 27 heavy (non-hydrogen) atoms. The van der Waals surface area contributed by atoms with Crippen molar-refractivity contribution in [1.29, 1.82) is 0 Å². The molecule has 0 radical (unpaired) electrons. The zero-order valence-corrected chi connectivity index (χ0v) is 16.7. The fraction of sp³-hybridized carbons (Fsp3) is 0.211. The summed E-state index contributed by atoms with van der Waals surface area (Å²) in [6.07, 6.45) is 4.40. The lowest BCUT2D eigenvalue weighted by Crippen LogP contribution is -2.25. The maximum atomic E-state index is 13.6. The lowest BCUT2D eigenvalue weighted by Gasteiger charge is -2.07. The maximum Gasteiger partial charge on any atom is 0.244 e. The lowest BCUT2D eigenvalue weighted by atomic mass is 10.2. The third-order valence-corrected chi connectivity index (χ3v) is 6.00. The minimum Gasteiger partial charge on any atom is -0.348 e. The molecular weight excluding hydrogens is 435 g/mol. The van der Waals surface area contributed by atoms with Crippen LogP contribution >= 0.6 is 15.9 Å². The van der Waals surface area contributed by atoms with Crippen molar-refractivity contribution in [2.75, 3.05) is 0 Å². The Morgan fingerprint density at radius 1 is 1.19 bits per heavy atom. The maximum absolute atomic E-state index is 13.6. The summed E-state index contributed by atoms with van der Waals surface area (Å²) in [5, 5.41) is 2.68. The number of carbonyl (C=O) groups excluding carboxylic acids is 1. The van der Waals surface area contributed by atoms with Gasteiger partial charge in [-0.25, -0.2) is 17.5 Å². The van der Waals surface area contributed by atoms with Crippen molar-refractivity contribution >= 4 is 37.9 Å². The molecule has 0 spiro atoms. The normalized spacial score (nSPS) is 14.4. The molecule has 3 rings (SSSR count). The topological polar surface area (TPSA) is 75.3 Å². The number of amides is 1. The van der Waals surface area contributed by atoms with Crippen molar-refractivity contribution in [2.24, 2.45) is 0 Å². The molecule has 0 unspecified atom stereocenters. The molecule has 0 atom stereocenters. The monoisotopic (exact) mass is 452 g/mol. The fourth-order valence-electron chi connectivity index (χ4n) is 2.33. The summed E-state index contributed by atoms with van der Waals surface area (Å²) in [5.41, 5.74) is 1.06. The number of halogens is 2. The van der Waals surface area contributed by atoms with E-state index < -0.39 is 15.8 Å². The van der Waals surface area contributed by atoms with Gasteiger partial charge in [0.25, 0.3) is 0 Å². The molecule has 1 amide bonds. The first-order valence-corrected chi connectivity index (χ1v) is 10.6. The van der Waals surface area contributed by atoms with Crippen molar-refractivity contribution in [3.63, 3.8) is 0 Å². The van der Waals surface area contributed by atoms with E-state index in [2.05, 4.69) is 26.0 Å². The molecule has 0 bridgehead atoms. The first kappa shape index (κ1) is 19.7. The van der Waals surface area contributed by atoms with Crippen LogP contribution in [-0.2, 0) is 21.4 Å². The second-order valence-electron chi connectivity index (χ2n) is 6.26. The van der Waals surface area contributed by atoms with Gasteiger partial charge in [0.1, 0.15) is 5.82 Å². The Morgan fingerprint density at radius 3 is 2.56 bits per heavy atom. The number of benzene rings is 2. The number of nitrogens with one attached hydrogen (secondary N) is 2. The summed E-state index contributed by atoms with van der Waals surface area (Å²) in [7, 11) is -3.48. The van der Waals surface area contributed by atoms with E-state index in [1.54, 1.807) is 24.3 Å². The van der Waals surface area contributed by atoms with Gasteiger partial charge >= 0.3 is 0 Å². The van der Waals surface area contributed by atoms with Crippen LogP contribution in [0.25, 0.3) is 6.08 Å². The van der Waals surface area contributed by atoms with Gasteiger partial charge in [-0.15, -0.1) is 0 Å². The zero-order chi connectivity index (χ0) is 19.4. The van der Waals surface area contributed by atoms with Crippen LogP contribution < -0.4 is 10.0 Å². The number of sulfonamides is 1. The number of carbonyl (C=O) groups is 1. The van der Waals surface area contributed by atoms with Crippen molar-refractivity contribution in [3.05, 3.63) is 70.0 Å². The van der Waals surface area contributed by atoms with E-state index in [0.29, 0.717) is 5.56 Å². The van der Waals surface area contributed by atoms with Crippen LogP contribution in [0.3, 0.4) is 0 Å². The Kier molecular flexibility index (Phi) is 6.08. The fourth-order valence-corrected chi connectivity index (χ4v) is 4.01. The quantitative estimate of drug-likeness (QED) is 0.632. The van der Waals surface area contributed by atoms with E-state index in [-0.39, 0.29) is 23.4 Å². The molecule has 2 N–H and O–H groups in total. The summed E-state index contributed by atoms with van der Waals surface area (Å²) in [6.45, 7) is 0.237. The predicted molar refractivity (Wildman–Crippen MR) is 105 cm³/mol. The predicted octanol–water partition coefficient (Wildman–Crippen LogP) is 3.36. The smallest absolute Gasteiger partial charge is 0.244 e. The Hall–Kier alpha value is -2.03. The summed E-state index contributed by atoms with van der Waals surface area (Å²) in [6, 6.07) is 10.9. The highest BCUT2D eigenvalue weighted by Gasteiger charge is 2.27. The number of rotatable bonds is 7. The molecule has 0 aromatic heterocycles. The van der Waals surface area contributed by atoms with Crippen LogP contribution in [0.2, 0.25) is 0 Å². The SMILES string of the molecule is O=C(/C=C/c1cc(Br)ccc1F)NCc1ccc(S(=O)(=O)NC2CC2)cc1. The van der Waals surface area contributed by atoms with Crippen LogP contribution in [-0.4, -0.2) is 20.4 Å². The number of hydrogen-bond acceptors (Lipinski definition) is 3. The molecule has 1 aliphatic carbocycles. The summed E-state index contributed by atoms with van der Waals surface area (Å²) >= 11 is 3.25. The van der Waals surface area contributed by atoms with Crippen LogP contribution in [0.1, 0.15) is 24.0 Å². The van der Waals surface area contributed by atoms with Gasteiger partial charge in [0.2, 0.25) is 15.9 Å². The minimum absolute atomic E-state index is 0.0517. The van der Waals surface area contributed by atoms with E-state index in [0.717, 1.165) is 22.9 Å². The van der Waals surface area contributed by atoms with Gasteiger partial charge in [-0.05, 0) is 54.8 Å². The van der Waals surface area contributed by atoms with Crippen molar-refractivity contribution < 1.29 is 17.6 Å². The highest BCUT2D eigenvalue weighted by molar-refractivity contribution is 9.10. The van der Waals surface area contributed by atoms with E-state index >= 15 is 0 Å². The molecule has 2 aromatic rings. The Balaban J connectivity index is 1.55. The molecule has 0 aliphatic heterocycles. The number of hydrogen-bond donors (Lipinski definition) is 2. The minimum atomic E-state index is -3.48. The molecule has 5 nitrogen and oxygen atoms in total. The third kappa shape index (κ3) is 5.72. The summed E-state index contributed by atoms with van der Waals surface area (Å²) in [4.78, 5) is 12.1. The lowest BCUT2D eigenvalue weighted by molar-refractivity contribution is -0.116. The van der Waals surface area contributed by atoms with Crippen LogP contribution in [0.5, 0.6) is 0 Å². The average Bonchev–Trinajstić information content (AvgIpc) is 3.44. The van der Waals surface area contributed by atoms with Gasteiger partial charge < -0.3 is 5.32 Å². The van der Waals surface area contributed by atoms with Crippen molar-refractivity contribution in [1.82, 2.24) is 10.0 Å². The van der Waals surface area contributed by atoms with Gasteiger partial charge in [0.15, 0.2) is 0 Å². The molecule has 0 heterocycles. The van der Waals surface area contributed by atoms with Crippen molar-refractivity contribution in [3.8, 4) is 0 Å². The Bertz CT molecular complexity index is 971. The molecule has 1 fully saturated rings. The van der Waals surface area contributed by atoms with Crippen LogP contribution in [0.15, 0.2) is 57.9 Å².